The Hall–Kier alpha value is -3.02. The van der Waals surface area contributed by atoms with Gasteiger partial charge < -0.3 is 5.32 Å². The fraction of sp³-hybridized carbons (Fsp3) is 0.0625. The second-order valence-electron chi connectivity index (χ2n) is 4.99. The molecule has 0 unspecified atom stereocenters. The van der Waals surface area contributed by atoms with Crippen LogP contribution in [0.3, 0.4) is 0 Å². The number of hydrogen-bond donors (Lipinski definition) is 1. The van der Waals surface area contributed by atoms with Gasteiger partial charge >= 0.3 is 0 Å². The van der Waals surface area contributed by atoms with Crippen LogP contribution in [0, 0.1) is 12.7 Å². The number of hydrogen-bond acceptors (Lipinski definition) is 4. The van der Waals surface area contributed by atoms with Gasteiger partial charge in [0, 0.05) is 5.69 Å². The summed E-state index contributed by atoms with van der Waals surface area (Å²) in [6.07, 6.45) is 0. The highest BCUT2D eigenvalue weighted by molar-refractivity contribution is 5.84. The molecule has 0 saturated heterocycles. The summed E-state index contributed by atoms with van der Waals surface area (Å²) >= 11 is 0. The van der Waals surface area contributed by atoms with Crippen molar-refractivity contribution < 1.29 is 4.39 Å². The number of anilines is 2. The molecule has 2 heterocycles. The van der Waals surface area contributed by atoms with E-state index in [0.29, 0.717) is 17.2 Å². The monoisotopic (exact) mass is 293 g/mol. The van der Waals surface area contributed by atoms with Crippen LogP contribution in [0.25, 0.3) is 16.7 Å². The van der Waals surface area contributed by atoms with Crippen LogP contribution >= 0.6 is 0 Å². The highest BCUT2D eigenvalue weighted by atomic mass is 19.1. The Morgan fingerprint density at radius 1 is 1.05 bits per heavy atom. The normalized spacial score (nSPS) is 11.2. The van der Waals surface area contributed by atoms with E-state index in [1.54, 1.807) is 12.1 Å². The average molecular weight is 293 g/mol. The van der Waals surface area contributed by atoms with Crippen molar-refractivity contribution in [2.75, 3.05) is 5.32 Å². The Morgan fingerprint density at radius 2 is 1.91 bits per heavy atom. The highest BCUT2D eigenvalue weighted by Gasteiger charge is 2.13. The fourth-order valence-corrected chi connectivity index (χ4v) is 2.51. The molecule has 0 bridgehead atoms. The van der Waals surface area contributed by atoms with Gasteiger partial charge in [-0.2, -0.15) is 0 Å². The maximum Gasteiger partial charge on any atom is 0.204 e. The first-order chi connectivity index (χ1) is 10.7. The molecule has 0 saturated carbocycles. The SMILES string of the molecule is Cc1nnc2c(Nc3cccc(F)c3)nc3ccccc3n12. The molecule has 108 valence electrons. The van der Waals surface area contributed by atoms with Crippen LogP contribution in [-0.2, 0) is 0 Å². The first-order valence-corrected chi connectivity index (χ1v) is 6.85. The van der Waals surface area contributed by atoms with E-state index >= 15 is 0 Å². The predicted molar refractivity (Wildman–Crippen MR) is 82.7 cm³/mol. The van der Waals surface area contributed by atoms with E-state index in [4.69, 9.17) is 0 Å². The lowest BCUT2D eigenvalue weighted by atomic mass is 10.3. The highest BCUT2D eigenvalue weighted by Crippen LogP contribution is 2.24. The summed E-state index contributed by atoms with van der Waals surface area (Å²) in [5.41, 5.74) is 2.98. The Bertz CT molecular complexity index is 992. The lowest BCUT2D eigenvalue weighted by molar-refractivity contribution is 0.628. The maximum absolute atomic E-state index is 13.3. The second kappa shape index (κ2) is 4.77. The summed E-state index contributed by atoms with van der Waals surface area (Å²) in [5, 5.41) is 11.4. The van der Waals surface area contributed by atoms with Crippen LogP contribution in [0.2, 0.25) is 0 Å². The molecule has 0 fully saturated rings. The third-order valence-corrected chi connectivity index (χ3v) is 3.48. The minimum atomic E-state index is -0.306. The molecule has 2 aromatic heterocycles. The largest absolute Gasteiger partial charge is 0.337 e. The van der Waals surface area contributed by atoms with Crippen molar-refractivity contribution in [1.29, 1.82) is 0 Å². The molecule has 0 spiro atoms. The Kier molecular flexibility index (Phi) is 2.75. The lowest BCUT2D eigenvalue weighted by Gasteiger charge is -2.09. The lowest BCUT2D eigenvalue weighted by Crippen LogP contribution is -2.01. The summed E-state index contributed by atoms with van der Waals surface area (Å²) in [6.45, 7) is 1.89. The molecular formula is C16H12FN5. The molecule has 0 amide bonds. The number of benzene rings is 2. The van der Waals surface area contributed by atoms with Crippen molar-refractivity contribution in [2.45, 2.75) is 6.92 Å². The summed E-state index contributed by atoms with van der Waals surface area (Å²) in [6, 6.07) is 14.0. The van der Waals surface area contributed by atoms with E-state index in [1.165, 1.54) is 12.1 Å². The van der Waals surface area contributed by atoms with Crippen molar-refractivity contribution in [3.05, 3.63) is 60.2 Å². The Balaban J connectivity index is 1.96. The first kappa shape index (κ1) is 12.7. The van der Waals surface area contributed by atoms with Gasteiger partial charge in [-0.25, -0.2) is 9.37 Å². The second-order valence-corrected chi connectivity index (χ2v) is 4.99. The van der Waals surface area contributed by atoms with Crippen molar-refractivity contribution >= 4 is 28.2 Å². The first-order valence-electron chi connectivity index (χ1n) is 6.85. The van der Waals surface area contributed by atoms with E-state index in [1.807, 2.05) is 35.6 Å². The maximum atomic E-state index is 13.3. The van der Waals surface area contributed by atoms with Gasteiger partial charge in [-0.3, -0.25) is 4.40 Å². The zero-order valence-corrected chi connectivity index (χ0v) is 11.8. The molecule has 6 heteroatoms. The van der Waals surface area contributed by atoms with Gasteiger partial charge in [-0.05, 0) is 37.3 Å². The van der Waals surface area contributed by atoms with Gasteiger partial charge in [0.2, 0.25) is 5.65 Å². The molecule has 0 radical (unpaired) electrons. The molecule has 22 heavy (non-hydrogen) atoms. The van der Waals surface area contributed by atoms with Gasteiger partial charge in [-0.15, -0.1) is 10.2 Å². The summed E-state index contributed by atoms with van der Waals surface area (Å²) in [5.74, 6) is 1.01. The number of nitrogens with zero attached hydrogens (tertiary/aromatic N) is 4. The van der Waals surface area contributed by atoms with E-state index < -0.39 is 0 Å². The van der Waals surface area contributed by atoms with Crippen LogP contribution in [0.4, 0.5) is 15.9 Å². The smallest absolute Gasteiger partial charge is 0.204 e. The molecule has 5 nitrogen and oxygen atoms in total. The topological polar surface area (TPSA) is 55.1 Å². The number of fused-ring (bicyclic) bond motifs is 3. The van der Waals surface area contributed by atoms with Crippen LogP contribution in [0.5, 0.6) is 0 Å². The standard InChI is InChI=1S/C16H12FN5/c1-10-20-21-16-15(18-12-6-4-5-11(17)9-12)19-13-7-2-3-8-14(13)22(10)16/h2-9H,1H3,(H,18,19). The zero-order valence-electron chi connectivity index (χ0n) is 11.8. The van der Waals surface area contributed by atoms with E-state index in [2.05, 4.69) is 20.5 Å². The Labute approximate surface area is 125 Å². The molecule has 0 atom stereocenters. The number of aryl methyl sites for hydroxylation is 1. The van der Waals surface area contributed by atoms with Gasteiger partial charge in [0.1, 0.15) is 11.6 Å². The van der Waals surface area contributed by atoms with Gasteiger partial charge in [0.15, 0.2) is 5.82 Å². The van der Waals surface area contributed by atoms with E-state index in [9.17, 15) is 4.39 Å². The Morgan fingerprint density at radius 3 is 2.77 bits per heavy atom. The van der Waals surface area contributed by atoms with Crippen molar-refractivity contribution in [2.24, 2.45) is 0 Å². The van der Waals surface area contributed by atoms with E-state index in [0.717, 1.165) is 16.9 Å². The van der Waals surface area contributed by atoms with Crippen LogP contribution < -0.4 is 5.32 Å². The van der Waals surface area contributed by atoms with Gasteiger partial charge in [-0.1, -0.05) is 18.2 Å². The number of aromatic nitrogens is 4. The van der Waals surface area contributed by atoms with Crippen molar-refractivity contribution in [1.82, 2.24) is 19.6 Å². The quantitative estimate of drug-likeness (QED) is 0.615. The minimum Gasteiger partial charge on any atom is -0.337 e. The van der Waals surface area contributed by atoms with Gasteiger partial charge in [0.05, 0.1) is 11.0 Å². The number of nitrogens with one attached hydrogen (secondary N) is 1. The molecule has 4 aromatic rings. The van der Waals surface area contributed by atoms with Crippen LogP contribution in [0.1, 0.15) is 5.82 Å². The van der Waals surface area contributed by atoms with E-state index in [-0.39, 0.29) is 5.82 Å². The molecule has 0 aliphatic rings. The number of para-hydroxylation sites is 2. The zero-order chi connectivity index (χ0) is 15.1. The number of halogens is 1. The fourth-order valence-electron chi connectivity index (χ4n) is 2.51. The molecular weight excluding hydrogens is 281 g/mol. The van der Waals surface area contributed by atoms with Crippen molar-refractivity contribution in [3.63, 3.8) is 0 Å². The van der Waals surface area contributed by atoms with Crippen LogP contribution in [-0.4, -0.2) is 19.6 Å². The molecule has 0 aliphatic heterocycles. The average Bonchev–Trinajstić information content (AvgIpc) is 2.90. The molecule has 0 aliphatic carbocycles. The third kappa shape index (κ3) is 1.96. The number of rotatable bonds is 2. The molecule has 2 aromatic carbocycles. The van der Waals surface area contributed by atoms with Crippen molar-refractivity contribution in [3.8, 4) is 0 Å². The molecule has 1 N–H and O–H groups in total. The predicted octanol–water partition coefficient (Wildman–Crippen LogP) is 3.47. The summed E-state index contributed by atoms with van der Waals surface area (Å²) in [7, 11) is 0. The van der Waals surface area contributed by atoms with Crippen LogP contribution in [0.15, 0.2) is 48.5 Å². The molecule has 4 rings (SSSR count). The van der Waals surface area contributed by atoms with Gasteiger partial charge in [0.25, 0.3) is 0 Å². The summed E-state index contributed by atoms with van der Waals surface area (Å²) in [4.78, 5) is 4.58. The summed E-state index contributed by atoms with van der Waals surface area (Å²) < 4.78 is 15.3. The minimum absolute atomic E-state index is 0.306. The third-order valence-electron chi connectivity index (χ3n) is 3.48.